The molecule has 0 unspecified atom stereocenters. The van der Waals surface area contributed by atoms with Crippen LogP contribution in [0.25, 0.3) is 0 Å². The summed E-state index contributed by atoms with van der Waals surface area (Å²) in [6.45, 7) is 3.69. The molecule has 3 aliphatic heterocycles. The standard InChI is InChI=1S/C20H26N4O3/c1-26-18-4-2-3-15(19(18)27-10-9-23-8-7-21-14-23)11-24-12-16-5-6-17(13-24)22-20(16)25/h2-4,7-8,14,16-17H,5-6,9-13H2,1H3,(H,22,25)/t16-,17+/m1/s1. The number of piperidine rings is 1. The second-order valence-electron chi connectivity index (χ2n) is 7.27. The van der Waals surface area contributed by atoms with Gasteiger partial charge in [-0.15, -0.1) is 0 Å². The Balaban J connectivity index is 1.47. The van der Waals surface area contributed by atoms with E-state index in [1.807, 2.05) is 22.9 Å². The zero-order valence-electron chi connectivity index (χ0n) is 15.6. The number of ether oxygens (including phenoxy) is 2. The molecular weight excluding hydrogens is 344 g/mol. The number of imidazole rings is 1. The van der Waals surface area contributed by atoms with E-state index in [0.29, 0.717) is 6.61 Å². The molecule has 1 amide bonds. The number of hydrogen-bond acceptors (Lipinski definition) is 5. The Morgan fingerprint density at radius 1 is 1.30 bits per heavy atom. The van der Waals surface area contributed by atoms with Gasteiger partial charge in [-0.2, -0.15) is 0 Å². The maximum atomic E-state index is 12.1. The van der Waals surface area contributed by atoms with Gasteiger partial charge in [-0.05, 0) is 18.9 Å². The van der Waals surface area contributed by atoms with E-state index >= 15 is 0 Å². The summed E-state index contributed by atoms with van der Waals surface area (Å²) >= 11 is 0. The van der Waals surface area contributed by atoms with Crippen LogP contribution in [0.2, 0.25) is 0 Å². The molecule has 1 N–H and O–H groups in total. The Hall–Kier alpha value is -2.54. The number of amides is 1. The molecule has 7 nitrogen and oxygen atoms in total. The maximum absolute atomic E-state index is 12.1. The number of benzene rings is 1. The highest BCUT2D eigenvalue weighted by molar-refractivity contribution is 5.80. The van der Waals surface area contributed by atoms with Crippen molar-refractivity contribution in [1.29, 1.82) is 0 Å². The Labute approximate surface area is 159 Å². The van der Waals surface area contributed by atoms with Gasteiger partial charge in [0.1, 0.15) is 6.61 Å². The van der Waals surface area contributed by atoms with E-state index in [0.717, 1.165) is 56.1 Å². The van der Waals surface area contributed by atoms with Crippen LogP contribution in [0.1, 0.15) is 18.4 Å². The van der Waals surface area contributed by atoms with Gasteiger partial charge in [0.15, 0.2) is 11.5 Å². The molecule has 144 valence electrons. The minimum Gasteiger partial charge on any atom is -0.493 e. The van der Waals surface area contributed by atoms with E-state index in [2.05, 4.69) is 21.3 Å². The third kappa shape index (κ3) is 4.08. The number of hydrogen-bond donors (Lipinski definition) is 1. The SMILES string of the molecule is COc1cccc(CN2C[C@@H]3CC[C@H](C2)C(=O)N3)c1OCCn1ccnc1. The highest BCUT2D eigenvalue weighted by Crippen LogP contribution is 2.33. The molecule has 0 saturated carbocycles. The predicted octanol–water partition coefficient (Wildman–Crippen LogP) is 1.68. The second kappa shape index (κ2) is 8.00. The van der Waals surface area contributed by atoms with Crippen LogP contribution in [0.15, 0.2) is 36.9 Å². The molecule has 0 spiro atoms. The average molecular weight is 370 g/mol. The summed E-state index contributed by atoms with van der Waals surface area (Å²) in [5.41, 5.74) is 1.09. The first-order valence-electron chi connectivity index (χ1n) is 9.50. The van der Waals surface area contributed by atoms with Gasteiger partial charge >= 0.3 is 0 Å². The van der Waals surface area contributed by atoms with Crippen molar-refractivity contribution >= 4 is 5.91 Å². The lowest BCUT2D eigenvalue weighted by atomic mass is 9.96. The number of methoxy groups -OCH3 is 1. The normalized spacial score (nSPS) is 22.3. The van der Waals surface area contributed by atoms with Crippen LogP contribution in [0.5, 0.6) is 11.5 Å². The van der Waals surface area contributed by atoms with Crippen molar-refractivity contribution in [2.24, 2.45) is 5.92 Å². The molecule has 3 fully saturated rings. The zero-order valence-corrected chi connectivity index (χ0v) is 15.6. The minimum atomic E-state index is 0.0972. The lowest BCUT2D eigenvalue weighted by Gasteiger charge is -2.24. The van der Waals surface area contributed by atoms with Crippen LogP contribution >= 0.6 is 0 Å². The van der Waals surface area contributed by atoms with Crippen molar-refractivity contribution in [1.82, 2.24) is 19.8 Å². The van der Waals surface area contributed by atoms with E-state index in [-0.39, 0.29) is 17.9 Å². The van der Waals surface area contributed by atoms with Gasteiger partial charge in [0, 0.05) is 43.6 Å². The van der Waals surface area contributed by atoms with Gasteiger partial charge < -0.3 is 19.4 Å². The largest absolute Gasteiger partial charge is 0.493 e. The van der Waals surface area contributed by atoms with Crippen molar-refractivity contribution in [2.45, 2.75) is 32.0 Å². The number of carbonyl (C=O) groups excluding carboxylic acids is 1. The van der Waals surface area contributed by atoms with Crippen LogP contribution < -0.4 is 14.8 Å². The van der Waals surface area contributed by atoms with Crippen molar-refractivity contribution in [3.63, 3.8) is 0 Å². The third-order valence-electron chi connectivity index (χ3n) is 5.37. The lowest BCUT2D eigenvalue weighted by Crippen LogP contribution is -2.43. The lowest BCUT2D eigenvalue weighted by molar-refractivity contribution is -0.126. The van der Waals surface area contributed by atoms with Gasteiger partial charge in [0.05, 0.1) is 25.9 Å². The molecule has 3 aliphatic rings. The number of nitrogens with one attached hydrogen (secondary N) is 1. The molecular formula is C20H26N4O3. The van der Waals surface area contributed by atoms with Crippen LogP contribution in [0, 0.1) is 5.92 Å². The summed E-state index contributed by atoms with van der Waals surface area (Å²) in [6.07, 6.45) is 7.52. The smallest absolute Gasteiger partial charge is 0.224 e. The van der Waals surface area contributed by atoms with E-state index < -0.39 is 0 Å². The Morgan fingerprint density at radius 2 is 2.22 bits per heavy atom. The number of aromatic nitrogens is 2. The van der Waals surface area contributed by atoms with Crippen LogP contribution in [0.4, 0.5) is 0 Å². The van der Waals surface area contributed by atoms with Crippen LogP contribution in [-0.4, -0.2) is 53.2 Å². The Morgan fingerprint density at radius 3 is 3.00 bits per heavy atom. The summed E-state index contributed by atoms with van der Waals surface area (Å²) in [6, 6.07) is 6.25. The molecule has 2 aromatic rings. The first-order valence-corrected chi connectivity index (χ1v) is 9.50. The summed E-state index contributed by atoms with van der Waals surface area (Å²) in [5.74, 6) is 1.83. The summed E-state index contributed by atoms with van der Waals surface area (Å²) in [5, 5.41) is 3.14. The molecule has 3 saturated heterocycles. The van der Waals surface area contributed by atoms with E-state index in [1.165, 1.54) is 0 Å². The van der Waals surface area contributed by atoms with Crippen molar-refractivity contribution in [3.8, 4) is 11.5 Å². The highest BCUT2D eigenvalue weighted by Gasteiger charge is 2.34. The Bertz CT molecular complexity index is 778. The highest BCUT2D eigenvalue weighted by atomic mass is 16.5. The Kier molecular flexibility index (Phi) is 5.29. The van der Waals surface area contributed by atoms with Gasteiger partial charge in [-0.25, -0.2) is 4.98 Å². The van der Waals surface area contributed by atoms with Crippen LogP contribution in [-0.2, 0) is 17.9 Å². The maximum Gasteiger partial charge on any atom is 0.224 e. The molecule has 0 aliphatic carbocycles. The fourth-order valence-corrected chi connectivity index (χ4v) is 3.99. The zero-order chi connectivity index (χ0) is 18.6. The molecule has 2 bridgehead atoms. The second-order valence-corrected chi connectivity index (χ2v) is 7.27. The van der Waals surface area contributed by atoms with Gasteiger partial charge in [-0.1, -0.05) is 12.1 Å². The van der Waals surface area contributed by atoms with Gasteiger partial charge in [0.25, 0.3) is 0 Å². The fourth-order valence-electron chi connectivity index (χ4n) is 3.99. The van der Waals surface area contributed by atoms with E-state index in [4.69, 9.17) is 9.47 Å². The first kappa shape index (κ1) is 17.9. The third-order valence-corrected chi connectivity index (χ3v) is 5.37. The molecule has 4 heterocycles. The number of fused-ring (bicyclic) bond motifs is 4. The summed E-state index contributed by atoms with van der Waals surface area (Å²) in [7, 11) is 1.66. The topological polar surface area (TPSA) is 68.6 Å². The molecule has 0 radical (unpaired) electrons. The monoisotopic (exact) mass is 370 g/mol. The van der Waals surface area contributed by atoms with Crippen molar-refractivity contribution in [2.75, 3.05) is 26.8 Å². The molecule has 5 rings (SSSR count). The predicted molar refractivity (Wildman–Crippen MR) is 101 cm³/mol. The molecule has 1 aromatic heterocycles. The molecule has 1 aromatic carbocycles. The van der Waals surface area contributed by atoms with Crippen molar-refractivity contribution < 1.29 is 14.3 Å². The van der Waals surface area contributed by atoms with Gasteiger partial charge in [0.2, 0.25) is 5.91 Å². The van der Waals surface area contributed by atoms with E-state index in [1.54, 1.807) is 19.6 Å². The van der Waals surface area contributed by atoms with E-state index in [9.17, 15) is 4.79 Å². The quantitative estimate of drug-likeness (QED) is 0.803. The summed E-state index contributed by atoms with van der Waals surface area (Å²) < 4.78 is 13.6. The number of para-hydroxylation sites is 1. The number of rotatable bonds is 7. The average Bonchev–Trinajstić information content (AvgIpc) is 3.05. The number of carbonyl (C=O) groups is 1. The van der Waals surface area contributed by atoms with Gasteiger partial charge in [-0.3, -0.25) is 9.69 Å². The molecule has 27 heavy (non-hydrogen) atoms. The summed E-state index contributed by atoms with van der Waals surface area (Å²) in [4.78, 5) is 18.5. The molecule has 2 atom stereocenters. The van der Waals surface area contributed by atoms with Crippen molar-refractivity contribution in [3.05, 3.63) is 42.5 Å². The fraction of sp³-hybridized carbons (Fsp3) is 0.500. The van der Waals surface area contributed by atoms with Crippen LogP contribution in [0.3, 0.4) is 0 Å². The first-order chi connectivity index (χ1) is 13.2. The minimum absolute atomic E-state index is 0.0972. The number of nitrogens with zero attached hydrogens (tertiary/aromatic N) is 3. The molecule has 7 heteroatoms.